The Bertz CT molecular complexity index is 743. The Morgan fingerprint density at radius 2 is 2.00 bits per heavy atom. The van der Waals surface area contributed by atoms with Crippen LogP contribution in [0.15, 0.2) is 53.6 Å². The highest BCUT2D eigenvalue weighted by molar-refractivity contribution is 8.27. The van der Waals surface area contributed by atoms with E-state index in [0.717, 1.165) is 17.1 Å². The summed E-state index contributed by atoms with van der Waals surface area (Å²) in [6.45, 7) is 0. The summed E-state index contributed by atoms with van der Waals surface area (Å²) < 4.78 is 5.64. The van der Waals surface area contributed by atoms with Crippen molar-refractivity contribution in [2.75, 3.05) is 12.0 Å². The van der Waals surface area contributed by atoms with Crippen LogP contribution in [0.5, 0.6) is 5.75 Å². The third-order valence-electron chi connectivity index (χ3n) is 3.09. The Kier molecular flexibility index (Phi) is 4.22. The molecule has 1 fully saturated rings. The third kappa shape index (κ3) is 2.88. The van der Waals surface area contributed by atoms with Crippen LogP contribution in [0.25, 0.3) is 6.08 Å². The first kappa shape index (κ1) is 14.7. The van der Waals surface area contributed by atoms with Crippen LogP contribution >= 0.6 is 24.0 Å². The number of anilines is 1. The van der Waals surface area contributed by atoms with E-state index in [-0.39, 0.29) is 5.91 Å². The lowest BCUT2D eigenvalue weighted by atomic mass is 10.2. The van der Waals surface area contributed by atoms with Gasteiger partial charge in [-0.15, -0.1) is 0 Å². The van der Waals surface area contributed by atoms with Crippen LogP contribution in [0.4, 0.5) is 5.69 Å². The summed E-state index contributed by atoms with van der Waals surface area (Å²) in [7, 11) is 1.60. The van der Waals surface area contributed by atoms with Crippen molar-refractivity contribution in [2.45, 2.75) is 0 Å². The quantitative estimate of drug-likeness (QED) is 0.637. The number of nitrogens with zero attached hydrogens (tertiary/aromatic N) is 2. The first-order valence-corrected chi connectivity index (χ1v) is 7.74. The molecule has 3 rings (SSSR count). The third-order valence-corrected chi connectivity index (χ3v) is 4.39. The molecule has 0 unspecified atom stereocenters. The first-order chi connectivity index (χ1) is 10.7. The minimum Gasteiger partial charge on any atom is -0.497 e. The van der Waals surface area contributed by atoms with E-state index >= 15 is 0 Å². The zero-order valence-corrected chi connectivity index (χ0v) is 13.4. The lowest BCUT2D eigenvalue weighted by Crippen LogP contribution is -2.27. The standard InChI is InChI=1S/C16H12N2O2S2/c1-20-13-7-5-12(6-8-13)18-15(19)14(22-16(18)21)10-11-4-2-3-9-17-11/h2-10H,1H3/b14-10+. The van der Waals surface area contributed by atoms with E-state index < -0.39 is 0 Å². The number of aromatic nitrogens is 1. The van der Waals surface area contributed by atoms with Crippen LogP contribution in [0.3, 0.4) is 0 Å². The second kappa shape index (κ2) is 6.29. The number of amides is 1. The summed E-state index contributed by atoms with van der Waals surface area (Å²) in [6.07, 6.45) is 3.44. The summed E-state index contributed by atoms with van der Waals surface area (Å²) in [5.41, 5.74) is 1.46. The Hall–Kier alpha value is -2.18. The highest BCUT2D eigenvalue weighted by Crippen LogP contribution is 2.36. The molecule has 110 valence electrons. The Morgan fingerprint density at radius 3 is 2.64 bits per heavy atom. The number of hydrogen-bond acceptors (Lipinski definition) is 5. The van der Waals surface area contributed by atoms with Gasteiger partial charge >= 0.3 is 0 Å². The Morgan fingerprint density at radius 1 is 1.23 bits per heavy atom. The molecule has 0 bridgehead atoms. The number of hydrogen-bond donors (Lipinski definition) is 0. The molecule has 2 heterocycles. The van der Waals surface area contributed by atoms with Crippen molar-refractivity contribution < 1.29 is 9.53 Å². The van der Waals surface area contributed by atoms with Gasteiger partial charge in [-0.3, -0.25) is 14.7 Å². The molecule has 1 amide bonds. The SMILES string of the molecule is COc1ccc(N2C(=O)/C(=C\c3ccccn3)SC2=S)cc1. The number of thiocarbonyl (C=S) groups is 1. The molecule has 0 radical (unpaired) electrons. The van der Waals surface area contributed by atoms with E-state index in [0.29, 0.717) is 9.23 Å². The maximum Gasteiger partial charge on any atom is 0.270 e. The number of carbonyl (C=O) groups excluding carboxylic acids is 1. The van der Waals surface area contributed by atoms with Gasteiger partial charge in [-0.2, -0.15) is 0 Å². The fourth-order valence-electron chi connectivity index (χ4n) is 2.02. The van der Waals surface area contributed by atoms with E-state index in [1.165, 1.54) is 16.7 Å². The summed E-state index contributed by atoms with van der Waals surface area (Å²) in [5.74, 6) is 0.601. The molecule has 0 N–H and O–H groups in total. The van der Waals surface area contributed by atoms with Crippen molar-refractivity contribution in [3.63, 3.8) is 0 Å². The van der Waals surface area contributed by atoms with E-state index in [1.54, 1.807) is 31.5 Å². The van der Waals surface area contributed by atoms with Crippen LogP contribution in [-0.2, 0) is 4.79 Å². The maximum atomic E-state index is 12.6. The molecule has 1 aromatic heterocycles. The van der Waals surface area contributed by atoms with Gasteiger partial charge in [0.25, 0.3) is 5.91 Å². The molecule has 0 aliphatic carbocycles. The number of methoxy groups -OCH3 is 1. The van der Waals surface area contributed by atoms with Gasteiger partial charge in [-0.1, -0.05) is 30.0 Å². The fraction of sp³-hybridized carbons (Fsp3) is 0.0625. The predicted molar refractivity (Wildman–Crippen MR) is 92.9 cm³/mol. The average molecular weight is 328 g/mol. The molecule has 1 aliphatic rings. The van der Waals surface area contributed by atoms with E-state index in [1.807, 2.05) is 30.3 Å². The predicted octanol–water partition coefficient (Wildman–Crippen LogP) is 3.50. The largest absolute Gasteiger partial charge is 0.497 e. The van der Waals surface area contributed by atoms with Gasteiger partial charge in [0.1, 0.15) is 5.75 Å². The molecule has 0 spiro atoms. The topological polar surface area (TPSA) is 42.4 Å². The molecular weight excluding hydrogens is 316 g/mol. The highest BCUT2D eigenvalue weighted by Gasteiger charge is 2.33. The maximum absolute atomic E-state index is 12.6. The van der Waals surface area contributed by atoms with Crippen molar-refractivity contribution in [3.8, 4) is 5.75 Å². The molecule has 1 aliphatic heterocycles. The molecule has 4 nitrogen and oxygen atoms in total. The van der Waals surface area contributed by atoms with E-state index in [4.69, 9.17) is 17.0 Å². The van der Waals surface area contributed by atoms with Crippen LogP contribution < -0.4 is 9.64 Å². The van der Waals surface area contributed by atoms with E-state index in [2.05, 4.69) is 4.98 Å². The fourth-order valence-corrected chi connectivity index (χ4v) is 3.30. The lowest BCUT2D eigenvalue weighted by molar-refractivity contribution is -0.113. The first-order valence-electron chi connectivity index (χ1n) is 6.52. The monoisotopic (exact) mass is 328 g/mol. The van der Waals surface area contributed by atoms with E-state index in [9.17, 15) is 4.79 Å². The van der Waals surface area contributed by atoms with Crippen molar-refractivity contribution in [1.82, 2.24) is 4.98 Å². The van der Waals surface area contributed by atoms with Gasteiger partial charge in [0.2, 0.25) is 0 Å². The number of carbonyl (C=O) groups is 1. The number of thioether (sulfide) groups is 1. The summed E-state index contributed by atoms with van der Waals surface area (Å²) in [6, 6.07) is 12.8. The van der Waals surface area contributed by atoms with Gasteiger partial charge in [0, 0.05) is 6.20 Å². The second-order valence-electron chi connectivity index (χ2n) is 4.47. The van der Waals surface area contributed by atoms with Gasteiger partial charge in [-0.05, 0) is 42.5 Å². The molecule has 0 saturated carbocycles. The van der Waals surface area contributed by atoms with Crippen LogP contribution in [0.1, 0.15) is 5.69 Å². The lowest BCUT2D eigenvalue weighted by Gasteiger charge is -2.14. The van der Waals surface area contributed by atoms with Crippen molar-refractivity contribution in [2.24, 2.45) is 0 Å². The number of ether oxygens (including phenoxy) is 1. The Labute approximate surface area is 137 Å². The van der Waals surface area contributed by atoms with Gasteiger partial charge < -0.3 is 4.74 Å². The van der Waals surface area contributed by atoms with Gasteiger partial charge in [-0.25, -0.2) is 0 Å². The van der Waals surface area contributed by atoms with Crippen molar-refractivity contribution >= 4 is 46.0 Å². The molecular formula is C16H12N2O2S2. The number of pyridine rings is 1. The van der Waals surface area contributed by atoms with Crippen molar-refractivity contribution in [3.05, 3.63) is 59.3 Å². The summed E-state index contributed by atoms with van der Waals surface area (Å²) in [5, 5.41) is 0. The molecule has 6 heteroatoms. The molecule has 2 aromatic rings. The minimum atomic E-state index is -0.134. The zero-order valence-electron chi connectivity index (χ0n) is 11.7. The zero-order chi connectivity index (χ0) is 15.5. The summed E-state index contributed by atoms with van der Waals surface area (Å²) in [4.78, 5) is 18.9. The number of rotatable bonds is 3. The van der Waals surface area contributed by atoms with Gasteiger partial charge in [0.15, 0.2) is 4.32 Å². The molecule has 1 saturated heterocycles. The normalized spacial score (nSPS) is 16.4. The van der Waals surface area contributed by atoms with Crippen LogP contribution in [0.2, 0.25) is 0 Å². The highest BCUT2D eigenvalue weighted by atomic mass is 32.2. The van der Waals surface area contributed by atoms with Crippen LogP contribution in [-0.4, -0.2) is 22.3 Å². The van der Waals surface area contributed by atoms with Gasteiger partial charge in [0.05, 0.1) is 23.4 Å². The molecule has 0 atom stereocenters. The number of benzene rings is 1. The average Bonchev–Trinajstić information content (AvgIpc) is 2.82. The molecule has 22 heavy (non-hydrogen) atoms. The molecule has 1 aromatic carbocycles. The smallest absolute Gasteiger partial charge is 0.270 e. The van der Waals surface area contributed by atoms with Crippen molar-refractivity contribution in [1.29, 1.82) is 0 Å². The Balaban J connectivity index is 1.89. The second-order valence-corrected chi connectivity index (χ2v) is 6.15. The summed E-state index contributed by atoms with van der Waals surface area (Å²) >= 11 is 6.61. The minimum absolute atomic E-state index is 0.134. The van der Waals surface area contributed by atoms with Crippen LogP contribution in [0, 0.1) is 0 Å².